The summed E-state index contributed by atoms with van der Waals surface area (Å²) in [6.07, 6.45) is 2.12. The quantitative estimate of drug-likeness (QED) is 0.822. The number of hydrogen-bond donors (Lipinski definition) is 0. The molecule has 0 bridgehead atoms. The zero-order valence-electron chi connectivity index (χ0n) is 11.6. The lowest BCUT2D eigenvalue weighted by Crippen LogP contribution is -2.20. The molecule has 2 aromatic carbocycles. The zero-order valence-corrected chi connectivity index (χ0v) is 11.6. The van der Waals surface area contributed by atoms with Crippen LogP contribution < -0.4 is 4.74 Å². The number of halogens is 1. The van der Waals surface area contributed by atoms with Crippen molar-refractivity contribution in [3.8, 4) is 5.75 Å². The summed E-state index contributed by atoms with van der Waals surface area (Å²) < 4.78 is 18.5. The van der Waals surface area contributed by atoms with E-state index in [1.807, 2.05) is 31.3 Å². The van der Waals surface area contributed by atoms with Gasteiger partial charge >= 0.3 is 0 Å². The molecule has 0 amide bonds. The fourth-order valence-corrected chi connectivity index (χ4v) is 2.58. The molecule has 0 aliphatic carbocycles. The Bertz CT molecular complexity index is 661. The summed E-state index contributed by atoms with van der Waals surface area (Å²) in [6.45, 7) is 0.780. The van der Waals surface area contributed by atoms with Gasteiger partial charge < -0.3 is 9.64 Å². The number of benzene rings is 2. The maximum atomic E-state index is 13.0. The summed E-state index contributed by atoms with van der Waals surface area (Å²) >= 11 is 0. The Kier molecular flexibility index (Phi) is 3.18. The number of fused-ring (bicyclic) bond motifs is 1. The van der Waals surface area contributed by atoms with Gasteiger partial charge in [-0.1, -0.05) is 12.1 Å². The molecule has 2 aromatic rings. The predicted molar refractivity (Wildman–Crippen MR) is 78.7 cm³/mol. The normalized spacial score (nSPS) is 13.8. The van der Waals surface area contributed by atoms with Crippen LogP contribution in [0.1, 0.15) is 16.7 Å². The molecule has 0 atom stereocenters. The average Bonchev–Trinajstić information content (AvgIpc) is 2.47. The van der Waals surface area contributed by atoms with Crippen LogP contribution in [0.4, 0.5) is 4.39 Å². The number of ether oxygens (including phenoxy) is 1. The Morgan fingerprint density at radius 1 is 1.10 bits per heavy atom. The predicted octanol–water partition coefficient (Wildman–Crippen LogP) is 3.78. The lowest BCUT2D eigenvalue weighted by Gasteiger charge is -2.29. The van der Waals surface area contributed by atoms with E-state index in [1.165, 1.54) is 17.7 Å². The van der Waals surface area contributed by atoms with Crippen LogP contribution in [-0.4, -0.2) is 19.1 Å². The lowest BCUT2D eigenvalue weighted by atomic mass is 9.98. The van der Waals surface area contributed by atoms with Crippen molar-refractivity contribution < 1.29 is 9.13 Å². The largest absolute Gasteiger partial charge is 0.496 e. The highest BCUT2D eigenvalue weighted by atomic mass is 19.1. The van der Waals surface area contributed by atoms with Crippen LogP contribution in [0, 0.1) is 5.82 Å². The first kappa shape index (κ1) is 12.7. The molecule has 1 aliphatic heterocycles. The van der Waals surface area contributed by atoms with Gasteiger partial charge in [-0.15, -0.1) is 0 Å². The summed E-state index contributed by atoms with van der Waals surface area (Å²) in [5.41, 5.74) is 4.44. The van der Waals surface area contributed by atoms with Gasteiger partial charge in [-0.05, 0) is 47.5 Å². The molecule has 0 saturated heterocycles. The molecule has 0 N–H and O–H groups in total. The van der Waals surface area contributed by atoms with Crippen LogP contribution in [0.3, 0.4) is 0 Å². The van der Waals surface area contributed by atoms with Gasteiger partial charge in [0.05, 0.1) is 7.11 Å². The standard InChI is InChI=1S/C17H16FNO/c1-19-11-15-13(4-3-5-17(15)20-2)10-16(19)12-6-8-14(18)9-7-12/h3-10H,11H2,1-2H3. The van der Waals surface area contributed by atoms with Gasteiger partial charge in [0, 0.05) is 24.9 Å². The maximum Gasteiger partial charge on any atom is 0.124 e. The van der Waals surface area contributed by atoms with Crippen molar-refractivity contribution in [1.29, 1.82) is 0 Å². The topological polar surface area (TPSA) is 12.5 Å². The van der Waals surface area contributed by atoms with Gasteiger partial charge in [0.15, 0.2) is 0 Å². The molecule has 20 heavy (non-hydrogen) atoms. The van der Waals surface area contributed by atoms with Gasteiger partial charge in [0.1, 0.15) is 11.6 Å². The minimum absolute atomic E-state index is 0.213. The van der Waals surface area contributed by atoms with Crippen LogP contribution in [0.5, 0.6) is 5.75 Å². The summed E-state index contributed by atoms with van der Waals surface area (Å²) in [4.78, 5) is 2.15. The Balaban J connectivity index is 2.08. The number of nitrogens with zero attached hydrogens (tertiary/aromatic N) is 1. The van der Waals surface area contributed by atoms with Crippen molar-refractivity contribution in [1.82, 2.24) is 4.90 Å². The van der Waals surface area contributed by atoms with Crippen LogP contribution in [-0.2, 0) is 6.54 Å². The molecule has 102 valence electrons. The van der Waals surface area contributed by atoms with E-state index in [0.29, 0.717) is 0 Å². The Morgan fingerprint density at radius 3 is 2.55 bits per heavy atom. The van der Waals surface area contributed by atoms with Crippen molar-refractivity contribution in [2.45, 2.75) is 6.54 Å². The van der Waals surface area contributed by atoms with E-state index in [1.54, 1.807) is 7.11 Å². The average molecular weight is 269 g/mol. The van der Waals surface area contributed by atoms with Crippen molar-refractivity contribution in [3.05, 3.63) is 65.0 Å². The van der Waals surface area contributed by atoms with E-state index >= 15 is 0 Å². The molecule has 1 heterocycles. The fourth-order valence-electron chi connectivity index (χ4n) is 2.58. The molecular formula is C17H16FNO. The van der Waals surface area contributed by atoms with E-state index in [0.717, 1.165) is 29.1 Å². The summed E-state index contributed by atoms with van der Waals surface area (Å²) in [6, 6.07) is 12.6. The maximum absolute atomic E-state index is 13.0. The van der Waals surface area contributed by atoms with Crippen molar-refractivity contribution >= 4 is 11.8 Å². The summed E-state index contributed by atoms with van der Waals surface area (Å²) in [5.74, 6) is 0.693. The first-order chi connectivity index (χ1) is 9.69. The number of hydrogen-bond acceptors (Lipinski definition) is 2. The zero-order chi connectivity index (χ0) is 14.1. The molecule has 0 radical (unpaired) electrons. The summed E-state index contributed by atoms with van der Waals surface area (Å²) in [5, 5.41) is 0. The fraction of sp³-hybridized carbons (Fsp3) is 0.176. The Hall–Kier alpha value is -2.29. The molecule has 0 fully saturated rings. The second kappa shape index (κ2) is 5.00. The molecular weight excluding hydrogens is 253 g/mol. The van der Waals surface area contributed by atoms with Crippen LogP contribution in [0.15, 0.2) is 42.5 Å². The third-order valence-corrected chi connectivity index (χ3v) is 3.63. The lowest BCUT2D eigenvalue weighted by molar-refractivity contribution is 0.393. The molecule has 3 rings (SSSR count). The Morgan fingerprint density at radius 2 is 1.85 bits per heavy atom. The Labute approximate surface area is 118 Å². The SMILES string of the molecule is COc1cccc2c1CN(C)C(c1ccc(F)cc1)=C2. The molecule has 1 aliphatic rings. The van der Waals surface area contributed by atoms with E-state index < -0.39 is 0 Å². The second-order valence-corrected chi connectivity index (χ2v) is 4.92. The second-order valence-electron chi connectivity index (χ2n) is 4.92. The number of rotatable bonds is 2. The van der Waals surface area contributed by atoms with Crippen LogP contribution in [0.25, 0.3) is 11.8 Å². The first-order valence-electron chi connectivity index (χ1n) is 6.53. The summed E-state index contributed by atoms with van der Waals surface area (Å²) in [7, 11) is 3.72. The van der Waals surface area contributed by atoms with Gasteiger partial charge in [0.25, 0.3) is 0 Å². The smallest absolute Gasteiger partial charge is 0.124 e. The van der Waals surface area contributed by atoms with E-state index in [9.17, 15) is 4.39 Å². The highest BCUT2D eigenvalue weighted by Crippen LogP contribution is 2.34. The molecule has 0 unspecified atom stereocenters. The number of methoxy groups -OCH3 is 1. The van der Waals surface area contributed by atoms with Crippen molar-refractivity contribution in [2.75, 3.05) is 14.2 Å². The van der Waals surface area contributed by atoms with Gasteiger partial charge in [-0.2, -0.15) is 0 Å². The van der Waals surface area contributed by atoms with Crippen LogP contribution >= 0.6 is 0 Å². The monoisotopic (exact) mass is 269 g/mol. The third-order valence-electron chi connectivity index (χ3n) is 3.63. The van der Waals surface area contributed by atoms with E-state index in [2.05, 4.69) is 17.0 Å². The minimum Gasteiger partial charge on any atom is -0.496 e. The third kappa shape index (κ3) is 2.16. The highest BCUT2D eigenvalue weighted by molar-refractivity contribution is 5.83. The molecule has 3 heteroatoms. The van der Waals surface area contributed by atoms with Crippen molar-refractivity contribution in [3.63, 3.8) is 0 Å². The van der Waals surface area contributed by atoms with Gasteiger partial charge in [0.2, 0.25) is 0 Å². The van der Waals surface area contributed by atoms with Crippen molar-refractivity contribution in [2.24, 2.45) is 0 Å². The van der Waals surface area contributed by atoms with Gasteiger partial charge in [-0.25, -0.2) is 4.39 Å². The minimum atomic E-state index is -0.213. The first-order valence-corrected chi connectivity index (χ1v) is 6.53. The molecule has 2 nitrogen and oxygen atoms in total. The van der Waals surface area contributed by atoms with E-state index in [4.69, 9.17) is 4.74 Å². The highest BCUT2D eigenvalue weighted by Gasteiger charge is 2.19. The molecule has 0 saturated carbocycles. The van der Waals surface area contributed by atoms with Gasteiger partial charge in [-0.3, -0.25) is 0 Å². The molecule has 0 aromatic heterocycles. The van der Waals surface area contributed by atoms with Crippen LogP contribution in [0.2, 0.25) is 0 Å². The molecule has 0 spiro atoms. The van der Waals surface area contributed by atoms with E-state index in [-0.39, 0.29) is 5.82 Å².